The molecule has 2 aromatic rings. The van der Waals surface area contributed by atoms with E-state index in [1.807, 2.05) is 11.4 Å². The number of hydrogen-bond acceptors (Lipinski definition) is 4. The van der Waals surface area contributed by atoms with Gasteiger partial charge in [0.05, 0.1) is 11.3 Å². The number of carboxylic acids is 1. The van der Waals surface area contributed by atoms with Crippen LogP contribution in [0.1, 0.15) is 23.3 Å². The van der Waals surface area contributed by atoms with E-state index in [1.54, 1.807) is 35.6 Å². The first-order valence-electron chi connectivity index (χ1n) is 7.40. The molecule has 130 valence electrons. The van der Waals surface area contributed by atoms with Crippen LogP contribution >= 0.6 is 27.3 Å². The van der Waals surface area contributed by atoms with Crippen LogP contribution in [0.2, 0.25) is 0 Å². The molecule has 1 aromatic carbocycles. The molecule has 0 spiro atoms. The topological polar surface area (TPSA) is 83.5 Å². The van der Waals surface area contributed by atoms with E-state index in [1.165, 1.54) is 0 Å². The number of benzene rings is 1. The number of carbonyl (C=O) groups is 1. The van der Waals surface area contributed by atoms with Gasteiger partial charge in [0.15, 0.2) is 0 Å². The van der Waals surface area contributed by atoms with E-state index in [0.717, 1.165) is 21.3 Å². The van der Waals surface area contributed by atoms with Crippen LogP contribution in [0.3, 0.4) is 0 Å². The van der Waals surface area contributed by atoms with Gasteiger partial charge in [-0.15, -0.1) is 11.3 Å². The van der Waals surface area contributed by atoms with Crippen molar-refractivity contribution in [2.75, 3.05) is 6.54 Å². The van der Waals surface area contributed by atoms with Crippen LogP contribution in [0, 0.1) is 0 Å². The van der Waals surface area contributed by atoms with Crippen LogP contribution in [-0.4, -0.2) is 26.0 Å². The molecule has 2 rings (SSSR count). The Kier molecular flexibility index (Phi) is 6.97. The lowest BCUT2D eigenvalue weighted by Crippen LogP contribution is -2.25. The molecule has 0 saturated carbocycles. The molecule has 0 aliphatic rings. The number of carboxylic acid groups (broad SMARTS) is 1. The van der Waals surface area contributed by atoms with Gasteiger partial charge in [-0.25, -0.2) is 13.1 Å². The molecule has 0 aliphatic heterocycles. The zero-order valence-electron chi connectivity index (χ0n) is 12.9. The van der Waals surface area contributed by atoms with Crippen molar-refractivity contribution < 1.29 is 18.3 Å². The van der Waals surface area contributed by atoms with Crippen molar-refractivity contribution in [3.8, 4) is 0 Å². The minimum Gasteiger partial charge on any atom is -0.481 e. The van der Waals surface area contributed by atoms with E-state index < -0.39 is 16.0 Å². The molecule has 1 aromatic heterocycles. The number of halogens is 1. The Morgan fingerprint density at radius 3 is 2.58 bits per heavy atom. The van der Waals surface area contributed by atoms with Crippen LogP contribution in [-0.2, 0) is 27.7 Å². The third-order valence-corrected chi connectivity index (χ3v) is 6.40. The van der Waals surface area contributed by atoms with Crippen molar-refractivity contribution in [1.29, 1.82) is 0 Å². The van der Waals surface area contributed by atoms with Gasteiger partial charge in [-0.2, -0.15) is 0 Å². The Morgan fingerprint density at radius 2 is 1.92 bits per heavy atom. The van der Waals surface area contributed by atoms with E-state index in [9.17, 15) is 13.2 Å². The number of rotatable bonds is 9. The van der Waals surface area contributed by atoms with Crippen molar-refractivity contribution in [2.45, 2.75) is 30.6 Å². The maximum atomic E-state index is 12.1. The summed E-state index contributed by atoms with van der Waals surface area (Å²) in [4.78, 5) is 11.8. The van der Waals surface area contributed by atoms with Gasteiger partial charge in [-0.1, -0.05) is 15.9 Å². The lowest BCUT2D eigenvalue weighted by molar-refractivity contribution is -0.136. The minimum absolute atomic E-state index is 0.132. The Labute approximate surface area is 153 Å². The highest BCUT2D eigenvalue weighted by Crippen LogP contribution is 2.18. The zero-order valence-corrected chi connectivity index (χ0v) is 16.1. The highest BCUT2D eigenvalue weighted by atomic mass is 79.9. The summed E-state index contributed by atoms with van der Waals surface area (Å²) in [5.41, 5.74) is 1.11. The number of hydrogen-bond donors (Lipinski definition) is 2. The molecule has 0 bridgehead atoms. The predicted octanol–water partition coefficient (Wildman–Crippen LogP) is 3.44. The second-order valence-corrected chi connectivity index (χ2v) is 8.95. The summed E-state index contributed by atoms with van der Waals surface area (Å²) >= 11 is 4.82. The Hall–Kier alpha value is -1.22. The van der Waals surface area contributed by atoms with E-state index in [4.69, 9.17) is 5.11 Å². The SMILES string of the molecule is O=C(O)CCc1cc(CCCNS(=O)(=O)c2ccc(Br)cc2)cs1. The summed E-state index contributed by atoms with van der Waals surface area (Å²) in [6.07, 6.45) is 2.11. The largest absolute Gasteiger partial charge is 0.481 e. The monoisotopic (exact) mass is 431 g/mol. The predicted molar refractivity (Wildman–Crippen MR) is 97.9 cm³/mol. The van der Waals surface area contributed by atoms with Gasteiger partial charge in [0.25, 0.3) is 0 Å². The number of thiophene rings is 1. The van der Waals surface area contributed by atoms with E-state index in [0.29, 0.717) is 19.4 Å². The van der Waals surface area contributed by atoms with Crippen molar-refractivity contribution in [3.05, 3.63) is 50.6 Å². The number of aliphatic carboxylic acids is 1. The van der Waals surface area contributed by atoms with Crippen LogP contribution in [0.15, 0.2) is 45.1 Å². The quantitative estimate of drug-likeness (QED) is 0.595. The summed E-state index contributed by atoms with van der Waals surface area (Å²) in [6, 6.07) is 8.49. The summed E-state index contributed by atoms with van der Waals surface area (Å²) in [5.74, 6) is -0.799. The van der Waals surface area contributed by atoms with Crippen molar-refractivity contribution in [3.63, 3.8) is 0 Å². The molecule has 0 amide bonds. The van der Waals surface area contributed by atoms with Crippen LogP contribution in [0.25, 0.3) is 0 Å². The lowest BCUT2D eigenvalue weighted by atomic mass is 10.1. The Balaban J connectivity index is 1.78. The van der Waals surface area contributed by atoms with Crippen molar-refractivity contribution in [2.24, 2.45) is 0 Å². The number of nitrogens with one attached hydrogen (secondary N) is 1. The average Bonchev–Trinajstić information content (AvgIpc) is 2.98. The fourth-order valence-electron chi connectivity index (χ4n) is 2.11. The van der Waals surface area contributed by atoms with Gasteiger partial charge in [-0.05, 0) is 60.5 Å². The third-order valence-electron chi connectivity index (χ3n) is 3.35. The Morgan fingerprint density at radius 1 is 1.21 bits per heavy atom. The first kappa shape index (κ1) is 19.1. The molecule has 5 nitrogen and oxygen atoms in total. The fraction of sp³-hybridized carbons (Fsp3) is 0.312. The molecule has 0 atom stereocenters. The molecule has 24 heavy (non-hydrogen) atoms. The summed E-state index contributed by atoms with van der Waals surface area (Å²) in [7, 11) is -3.48. The van der Waals surface area contributed by atoms with Gasteiger partial charge < -0.3 is 5.11 Å². The highest BCUT2D eigenvalue weighted by Gasteiger charge is 2.12. The van der Waals surface area contributed by atoms with Crippen molar-refractivity contribution >= 4 is 43.3 Å². The average molecular weight is 432 g/mol. The van der Waals surface area contributed by atoms with Crippen molar-refractivity contribution in [1.82, 2.24) is 4.72 Å². The fourth-order valence-corrected chi connectivity index (χ4v) is 4.38. The summed E-state index contributed by atoms with van der Waals surface area (Å²) in [5, 5.41) is 10.7. The molecule has 0 aliphatic carbocycles. The van der Waals surface area contributed by atoms with E-state index in [-0.39, 0.29) is 11.3 Å². The first-order chi connectivity index (χ1) is 11.4. The second-order valence-electron chi connectivity index (χ2n) is 5.27. The van der Waals surface area contributed by atoms with E-state index >= 15 is 0 Å². The van der Waals surface area contributed by atoms with E-state index in [2.05, 4.69) is 20.7 Å². The molecule has 2 N–H and O–H groups in total. The Bertz CT molecular complexity index is 785. The molecular weight excluding hydrogens is 414 g/mol. The molecule has 0 unspecified atom stereocenters. The molecule has 0 fully saturated rings. The van der Waals surface area contributed by atoms with Crippen LogP contribution in [0.4, 0.5) is 0 Å². The van der Waals surface area contributed by atoms with Gasteiger partial charge >= 0.3 is 5.97 Å². The summed E-state index contributed by atoms with van der Waals surface area (Å²) < 4.78 is 27.7. The molecule has 0 saturated heterocycles. The maximum Gasteiger partial charge on any atom is 0.303 e. The zero-order chi connectivity index (χ0) is 17.6. The number of aryl methyl sites for hydroxylation is 2. The van der Waals surface area contributed by atoms with Crippen LogP contribution in [0.5, 0.6) is 0 Å². The van der Waals surface area contributed by atoms with Gasteiger partial charge in [0.2, 0.25) is 10.0 Å². The smallest absolute Gasteiger partial charge is 0.303 e. The first-order valence-corrected chi connectivity index (χ1v) is 10.6. The molecule has 1 heterocycles. The lowest BCUT2D eigenvalue weighted by Gasteiger charge is -2.06. The normalized spacial score (nSPS) is 11.5. The second kappa shape index (κ2) is 8.75. The maximum absolute atomic E-state index is 12.1. The third kappa shape index (κ3) is 6.01. The van der Waals surface area contributed by atoms with Crippen LogP contribution < -0.4 is 4.72 Å². The summed E-state index contributed by atoms with van der Waals surface area (Å²) in [6.45, 7) is 0.360. The van der Waals surface area contributed by atoms with Gasteiger partial charge in [-0.3, -0.25) is 4.79 Å². The highest BCUT2D eigenvalue weighted by molar-refractivity contribution is 9.10. The number of sulfonamides is 1. The van der Waals surface area contributed by atoms with Gasteiger partial charge in [0, 0.05) is 15.9 Å². The van der Waals surface area contributed by atoms with Gasteiger partial charge in [0.1, 0.15) is 0 Å². The standard InChI is InChI=1S/C16H18BrNO4S2/c17-13-3-6-15(7-4-13)24(21,22)18-9-1-2-12-10-14(23-11-12)5-8-16(19)20/h3-4,6-7,10-11,18H,1-2,5,8-9H2,(H,19,20). The molecule has 0 radical (unpaired) electrons. The molecular formula is C16H18BrNO4S2. The molecule has 8 heteroatoms. The minimum atomic E-state index is -3.48.